The van der Waals surface area contributed by atoms with Gasteiger partial charge in [-0.05, 0) is 40.3 Å². The smallest absolute Gasteiger partial charge is 0.303 e. The molecule has 0 saturated carbocycles. The summed E-state index contributed by atoms with van der Waals surface area (Å²) in [6, 6.07) is 12.3. The summed E-state index contributed by atoms with van der Waals surface area (Å²) in [6.07, 6.45) is 0.703. The van der Waals surface area contributed by atoms with Crippen molar-refractivity contribution in [3.05, 3.63) is 42.5 Å². The van der Waals surface area contributed by atoms with Gasteiger partial charge in [0.1, 0.15) is 6.35 Å². The summed E-state index contributed by atoms with van der Waals surface area (Å²) in [5.74, 6) is -0.299. The fourth-order valence-corrected chi connectivity index (χ4v) is 7.31. The minimum Gasteiger partial charge on any atom is -0.460 e. The Hall–Kier alpha value is -1.00. The molecule has 26 heavy (non-hydrogen) atoms. The molecule has 0 fully saturated rings. The van der Waals surface area contributed by atoms with Crippen LogP contribution in [-0.4, -0.2) is 27.0 Å². The molecule has 1 atom stereocenters. The molecule has 0 saturated heterocycles. The van der Waals surface area contributed by atoms with E-state index in [0.29, 0.717) is 6.35 Å². The molecular formula is C20H29O3PSSi. The highest BCUT2D eigenvalue weighted by Crippen LogP contribution is 2.48. The molecule has 0 unspecified atom stereocenters. The summed E-state index contributed by atoms with van der Waals surface area (Å²) < 4.78 is 11.8. The van der Waals surface area contributed by atoms with E-state index in [4.69, 9.17) is 21.0 Å². The van der Waals surface area contributed by atoms with Crippen LogP contribution in [-0.2, 0) is 25.8 Å². The summed E-state index contributed by atoms with van der Waals surface area (Å²) in [6.45, 7) is 12.5. The number of ether oxygens (including phenoxy) is 1. The molecule has 6 heteroatoms. The molecular weight excluding hydrogens is 379 g/mol. The van der Waals surface area contributed by atoms with Gasteiger partial charge in [-0.1, -0.05) is 69.0 Å². The van der Waals surface area contributed by atoms with E-state index in [0.717, 1.165) is 10.7 Å². The zero-order valence-corrected chi connectivity index (χ0v) is 19.2. The summed E-state index contributed by atoms with van der Waals surface area (Å²) in [4.78, 5) is 11.4. The van der Waals surface area contributed by atoms with Gasteiger partial charge < -0.3 is 9.16 Å². The van der Waals surface area contributed by atoms with E-state index in [1.165, 1.54) is 12.3 Å². The first-order valence-electron chi connectivity index (χ1n) is 8.79. The number of carbonyl (C=O) groups excluding carboxylic acids is 1. The molecule has 2 aromatic rings. The SMILES string of the molecule is CC(=O)OC[P@@](=S)(CO[Si](C)(C)C(C)(C)C)c1ccc2ccccc2c1. The minimum absolute atomic E-state index is 0.109. The van der Waals surface area contributed by atoms with Crippen molar-refractivity contribution in [1.29, 1.82) is 0 Å². The molecule has 142 valence electrons. The lowest BCUT2D eigenvalue weighted by molar-refractivity contribution is -0.138. The molecule has 2 rings (SSSR count). The maximum absolute atomic E-state index is 11.4. The zero-order valence-electron chi connectivity index (χ0n) is 16.5. The first kappa shape index (κ1) is 21.3. The van der Waals surface area contributed by atoms with E-state index in [1.54, 1.807) is 0 Å². The van der Waals surface area contributed by atoms with Crippen molar-refractivity contribution in [3.8, 4) is 0 Å². The van der Waals surface area contributed by atoms with Gasteiger partial charge in [0.25, 0.3) is 0 Å². The summed E-state index contributed by atoms with van der Waals surface area (Å²) in [7, 11) is -1.94. The van der Waals surface area contributed by atoms with Gasteiger partial charge in [-0.25, -0.2) is 0 Å². The van der Waals surface area contributed by atoms with Crippen LogP contribution in [0.25, 0.3) is 10.8 Å². The summed E-state index contributed by atoms with van der Waals surface area (Å²) >= 11 is 6.07. The molecule has 0 heterocycles. The van der Waals surface area contributed by atoms with E-state index >= 15 is 0 Å². The van der Waals surface area contributed by atoms with Gasteiger partial charge in [-0.15, -0.1) is 0 Å². The van der Waals surface area contributed by atoms with Crippen LogP contribution >= 0.6 is 6.04 Å². The normalized spacial score (nSPS) is 14.8. The van der Waals surface area contributed by atoms with Crippen LogP contribution in [0.5, 0.6) is 0 Å². The summed E-state index contributed by atoms with van der Waals surface area (Å²) in [5, 5.41) is 3.49. The number of carbonyl (C=O) groups is 1. The number of hydrogen-bond acceptors (Lipinski definition) is 4. The largest absolute Gasteiger partial charge is 0.460 e. The van der Waals surface area contributed by atoms with Gasteiger partial charge in [0.2, 0.25) is 0 Å². The number of esters is 1. The fourth-order valence-electron chi connectivity index (χ4n) is 2.29. The molecule has 0 aliphatic carbocycles. The van der Waals surface area contributed by atoms with Crippen LogP contribution in [0.15, 0.2) is 42.5 Å². The first-order chi connectivity index (χ1) is 11.9. The van der Waals surface area contributed by atoms with Crippen LogP contribution in [0.1, 0.15) is 27.7 Å². The molecule has 0 radical (unpaired) electrons. The molecule has 0 aliphatic rings. The van der Waals surface area contributed by atoms with Crippen molar-refractivity contribution in [3.63, 3.8) is 0 Å². The van der Waals surface area contributed by atoms with Crippen molar-refractivity contribution < 1.29 is 14.0 Å². The van der Waals surface area contributed by atoms with Gasteiger partial charge >= 0.3 is 5.97 Å². The molecule has 3 nitrogen and oxygen atoms in total. The second-order valence-corrected chi connectivity index (χ2v) is 17.9. The molecule has 2 aromatic carbocycles. The maximum atomic E-state index is 11.4. The van der Waals surface area contributed by atoms with E-state index in [-0.39, 0.29) is 17.4 Å². The number of benzene rings is 2. The fraction of sp³-hybridized carbons (Fsp3) is 0.450. The van der Waals surface area contributed by atoms with Gasteiger partial charge in [0.05, 0.1) is 6.35 Å². The Morgan fingerprint density at radius 2 is 1.69 bits per heavy atom. The van der Waals surface area contributed by atoms with E-state index in [1.807, 2.05) is 12.1 Å². The van der Waals surface area contributed by atoms with Crippen LogP contribution in [0.3, 0.4) is 0 Å². The zero-order chi connectivity index (χ0) is 19.6. The van der Waals surface area contributed by atoms with Gasteiger partial charge in [-0.3, -0.25) is 4.79 Å². The van der Waals surface area contributed by atoms with Crippen LogP contribution in [0, 0.1) is 0 Å². The minimum atomic E-state index is -2.19. The Labute approximate surface area is 163 Å². The lowest BCUT2D eigenvalue weighted by Gasteiger charge is -2.38. The van der Waals surface area contributed by atoms with Crippen molar-refractivity contribution in [2.24, 2.45) is 0 Å². The Balaban J connectivity index is 2.37. The van der Waals surface area contributed by atoms with Crippen LogP contribution in [0.4, 0.5) is 0 Å². The van der Waals surface area contributed by atoms with Gasteiger partial charge in [-0.2, -0.15) is 0 Å². The van der Waals surface area contributed by atoms with Crippen molar-refractivity contribution >= 4 is 48.2 Å². The molecule has 0 amide bonds. The predicted molar refractivity (Wildman–Crippen MR) is 118 cm³/mol. The lowest BCUT2D eigenvalue weighted by atomic mass is 10.1. The number of fused-ring (bicyclic) bond motifs is 1. The Morgan fingerprint density at radius 1 is 1.08 bits per heavy atom. The highest BCUT2D eigenvalue weighted by atomic mass is 32.4. The predicted octanol–water partition coefficient (Wildman–Crippen LogP) is 5.44. The third kappa shape index (κ3) is 5.04. The second-order valence-electron chi connectivity index (χ2n) is 8.22. The third-order valence-electron chi connectivity index (χ3n) is 5.12. The molecule has 0 aromatic heterocycles. The molecule has 0 N–H and O–H groups in total. The lowest BCUT2D eigenvalue weighted by Crippen LogP contribution is -2.41. The standard InChI is InChI=1S/C20H29O3PSSi/c1-16(21)22-14-24(25,15-23-26(5,6)20(2,3)4)19-12-11-17-9-7-8-10-18(17)13-19/h7-13H,14-15H2,1-6H3/t24-/m1/s1. The third-order valence-corrected chi connectivity index (χ3v) is 13.4. The topological polar surface area (TPSA) is 35.5 Å². The van der Waals surface area contributed by atoms with Crippen molar-refractivity contribution in [2.75, 3.05) is 12.7 Å². The number of hydrogen-bond donors (Lipinski definition) is 0. The average Bonchev–Trinajstić information content (AvgIpc) is 2.57. The quantitative estimate of drug-likeness (QED) is 0.362. The Morgan fingerprint density at radius 3 is 2.27 bits per heavy atom. The first-order valence-corrected chi connectivity index (χ1v) is 14.9. The highest BCUT2D eigenvalue weighted by Gasteiger charge is 2.38. The van der Waals surface area contributed by atoms with Crippen molar-refractivity contribution in [2.45, 2.75) is 45.8 Å². The van der Waals surface area contributed by atoms with Gasteiger partial charge in [0.15, 0.2) is 8.32 Å². The Bertz CT molecular complexity index is 842. The highest BCUT2D eigenvalue weighted by molar-refractivity contribution is 8.18. The molecule has 0 spiro atoms. The van der Waals surface area contributed by atoms with Crippen LogP contribution < -0.4 is 5.30 Å². The van der Waals surface area contributed by atoms with E-state index in [9.17, 15) is 4.79 Å². The maximum Gasteiger partial charge on any atom is 0.303 e. The van der Waals surface area contributed by atoms with E-state index in [2.05, 4.69) is 64.2 Å². The molecule has 0 aliphatic heterocycles. The Kier molecular flexibility index (Phi) is 6.50. The summed E-state index contributed by atoms with van der Waals surface area (Å²) in [5.41, 5.74) is 0. The van der Waals surface area contributed by atoms with Gasteiger partial charge in [0, 0.05) is 13.0 Å². The molecule has 0 bridgehead atoms. The average molecular weight is 409 g/mol. The second kappa shape index (κ2) is 7.93. The van der Waals surface area contributed by atoms with Crippen LogP contribution in [0.2, 0.25) is 18.1 Å². The van der Waals surface area contributed by atoms with Crippen molar-refractivity contribution in [1.82, 2.24) is 0 Å². The van der Waals surface area contributed by atoms with E-state index < -0.39 is 14.4 Å². The monoisotopic (exact) mass is 408 g/mol. The number of rotatable bonds is 6.